The molecule has 0 N–H and O–H groups in total. The highest BCUT2D eigenvalue weighted by atomic mass is 79.9. The Hall–Kier alpha value is -0.000000000000000111. The van der Waals surface area contributed by atoms with Crippen molar-refractivity contribution in [3.8, 4) is 5.75 Å². The quantitative estimate of drug-likeness (QED) is 0.621. The average Bonchev–Trinajstić information content (AvgIpc) is 2.17. The fourth-order valence-electron chi connectivity index (χ4n) is 1.05. The fourth-order valence-corrected chi connectivity index (χ4v) is 2.12. The third-order valence-corrected chi connectivity index (χ3v) is 3.07. The Morgan fingerprint density at radius 1 is 1.50 bits per heavy atom. The van der Waals surface area contributed by atoms with Crippen LogP contribution in [0.1, 0.15) is 10.4 Å². The predicted molar refractivity (Wildman–Crippen MR) is 68.2 cm³/mol. The predicted octanol–water partition coefficient (Wildman–Crippen LogP) is 3.57. The van der Waals surface area contributed by atoms with Crippen molar-refractivity contribution in [1.82, 2.24) is 0 Å². The molecule has 0 saturated heterocycles. The molecule has 0 aromatic heterocycles. The van der Waals surface area contributed by atoms with Gasteiger partial charge in [-0.25, -0.2) is 0 Å². The van der Waals surface area contributed by atoms with Gasteiger partial charge in [-0.3, -0.25) is 4.79 Å². The normalized spacial score (nSPS) is 9.07. The number of hydrogen-bond acceptors (Lipinski definition) is 3. The first kappa shape index (κ1) is 14.0. The van der Waals surface area contributed by atoms with E-state index in [9.17, 15) is 4.79 Å². The van der Waals surface area contributed by atoms with Gasteiger partial charge in [0.2, 0.25) is 0 Å². The molecule has 0 aliphatic carbocycles. The molecule has 0 aliphatic heterocycles. The summed E-state index contributed by atoms with van der Waals surface area (Å²) in [5, 5.41) is 0. The molecule has 5 heteroatoms. The lowest BCUT2D eigenvalue weighted by Gasteiger charge is -2.08. The number of aldehydes is 1. The Morgan fingerprint density at radius 2 is 2.14 bits per heavy atom. The summed E-state index contributed by atoms with van der Waals surface area (Å²) >= 11 is 4.84. The number of carbonyl (C=O) groups is 1. The molecule has 0 aliphatic rings. The van der Waals surface area contributed by atoms with Gasteiger partial charge in [-0.05, 0) is 34.3 Å². The van der Waals surface area contributed by atoms with Crippen molar-refractivity contribution in [2.45, 2.75) is 4.90 Å². The van der Waals surface area contributed by atoms with E-state index in [4.69, 9.17) is 4.74 Å². The maximum Gasteiger partial charge on any atom is 0.154 e. The molecule has 0 amide bonds. The summed E-state index contributed by atoms with van der Waals surface area (Å²) in [6.45, 7) is 0. The molecule has 0 saturated carbocycles. The highest BCUT2D eigenvalue weighted by Gasteiger charge is 2.10. The fraction of sp³-hybridized carbons (Fsp3) is 0.222. The van der Waals surface area contributed by atoms with Crippen LogP contribution in [-0.4, -0.2) is 19.7 Å². The van der Waals surface area contributed by atoms with Gasteiger partial charge in [-0.2, -0.15) is 0 Å². The van der Waals surface area contributed by atoms with Crippen molar-refractivity contribution in [1.29, 1.82) is 0 Å². The first-order valence-corrected chi connectivity index (χ1v) is 5.62. The molecular formula is C9H10Br2O2S. The summed E-state index contributed by atoms with van der Waals surface area (Å²) in [5.41, 5.74) is 0.601. The van der Waals surface area contributed by atoms with Gasteiger partial charge < -0.3 is 4.74 Å². The molecule has 0 spiro atoms. The minimum absolute atomic E-state index is 0. The Morgan fingerprint density at radius 3 is 2.57 bits per heavy atom. The lowest BCUT2D eigenvalue weighted by Crippen LogP contribution is -1.93. The standard InChI is InChI=1S/C9H9BrO2S.BrH/c1-12-9-6(5-11)8(13-2)4-3-7(9)10;/h3-5H,1-2H3;1H. The Kier molecular flexibility index (Phi) is 6.48. The molecule has 0 unspecified atom stereocenters. The largest absolute Gasteiger partial charge is 0.495 e. The Balaban J connectivity index is 0.00000169. The zero-order chi connectivity index (χ0) is 9.84. The van der Waals surface area contributed by atoms with E-state index in [2.05, 4.69) is 15.9 Å². The van der Waals surface area contributed by atoms with Crippen molar-refractivity contribution >= 4 is 51.0 Å². The summed E-state index contributed by atoms with van der Waals surface area (Å²) in [6.07, 6.45) is 2.74. The van der Waals surface area contributed by atoms with E-state index in [1.165, 1.54) is 11.8 Å². The second kappa shape index (κ2) is 6.48. The highest BCUT2D eigenvalue weighted by molar-refractivity contribution is 9.10. The molecule has 0 radical (unpaired) electrons. The number of halogens is 2. The molecule has 0 heterocycles. The third-order valence-electron chi connectivity index (χ3n) is 1.65. The topological polar surface area (TPSA) is 26.3 Å². The minimum Gasteiger partial charge on any atom is -0.495 e. The summed E-state index contributed by atoms with van der Waals surface area (Å²) in [7, 11) is 1.55. The van der Waals surface area contributed by atoms with Crippen LogP contribution in [0.25, 0.3) is 0 Å². The van der Waals surface area contributed by atoms with Gasteiger partial charge in [-0.1, -0.05) is 0 Å². The zero-order valence-corrected chi connectivity index (χ0v) is 11.9. The second-order valence-corrected chi connectivity index (χ2v) is 4.02. The maximum absolute atomic E-state index is 10.8. The average molecular weight is 342 g/mol. The van der Waals surface area contributed by atoms with Crippen LogP contribution in [0.4, 0.5) is 0 Å². The van der Waals surface area contributed by atoms with Crippen molar-refractivity contribution < 1.29 is 9.53 Å². The number of hydrogen-bond donors (Lipinski definition) is 0. The molecule has 14 heavy (non-hydrogen) atoms. The third kappa shape index (κ3) is 2.74. The number of benzene rings is 1. The van der Waals surface area contributed by atoms with Crippen LogP contribution in [0, 0.1) is 0 Å². The number of thioether (sulfide) groups is 1. The van der Waals surface area contributed by atoms with Crippen LogP contribution in [0.2, 0.25) is 0 Å². The van der Waals surface area contributed by atoms with Crippen LogP contribution < -0.4 is 4.74 Å². The van der Waals surface area contributed by atoms with Gasteiger partial charge in [0.05, 0.1) is 17.1 Å². The summed E-state index contributed by atoms with van der Waals surface area (Å²) in [4.78, 5) is 11.7. The zero-order valence-electron chi connectivity index (χ0n) is 7.74. The van der Waals surface area contributed by atoms with E-state index >= 15 is 0 Å². The van der Waals surface area contributed by atoms with Crippen molar-refractivity contribution in [3.63, 3.8) is 0 Å². The van der Waals surface area contributed by atoms with Crippen LogP contribution in [0.3, 0.4) is 0 Å². The highest BCUT2D eigenvalue weighted by Crippen LogP contribution is 2.33. The van der Waals surface area contributed by atoms with E-state index < -0.39 is 0 Å². The molecule has 1 aromatic carbocycles. The lowest BCUT2D eigenvalue weighted by molar-refractivity contribution is 0.111. The molecular weight excluding hydrogens is 332 g/mol. The molecule has 0 fully saturated rings. The van der Waals surface area contributed by atoms with Gasteiger partial charge in [-0.15, -0.1) is 28.7 Å². The van der Waals surface area contributed by atoms with Crippen molar-refractivity contribution in [2.75, 3.05) is 13.4 Å². The first-order valence-electron chi connectivity index (χ1n) is 3.60. The van der Waals surface area contributed by atoms with Gasteiger partial charge in [0, 0.05) is 4.90 Å². The van der Waals surface area contributed by atoms with Crippen LogP contribution in [-0.2, 0) is 0 Å². The van der Waals surface area contributed by atoms with E-state index in [1.807, 2.05) is 18.4 Å². The van der Waals surface area contributed by atoms with Gasteiger partial charge in [0.25, 0.3) is 0 Å². The monoisotopic (exact) mass is 340 g/mol. The van der Waals surface area contributed by atoms with Crippen LogP contribution in [0.15, 0.2) is 21.5 Å². The van der Waals surface area contributed by atoms with Crippen LogP contribution >= 0.6 is 44.7 Å². The van der Waals surface area contributed by atoms with Crippen molar-refractivity contribution in [3.05, 3.63) is 22.2 Å². The second-order valence-electron chi connectivity index (χ2n) is 2.31. The summed E-state index contributed by atoms with van der Waals surface area (Å²) < 4.78 is 5.92. The van der Waals surface area contributed by atoms with Crippen molar-refractivity contribution in [2.24, 2.45) is 0 Å². The van der Waals surface area contributed by atoms with E-state index in [-0.39, 0.29) is 17.0 Å². The summed E-state index contributed by atoms with van der Waals surface area (Å²) in [5.74, 6) is 0.599. The number of rotatable bonds is 3. The van der Waals surface area contributed by atoms with Gasteiger partial charge in [0.15, 0.2) is 6.29 Å². The Bertz CT molecular complexity index is 329. The van der Waals surface area contributed by atoms with E-state index in [0.29, 0.717) is 11.3 Å². The van der Waals surface area contributed by atoms with Gasteiger partial charge in [0.1, 0.15) is 5.75 Å². The number of ether oxygens (including phenoxy) is 1. The molecule has 0 bridgehead atoms. The SMILES string of the molecule is Br.COc1c(Br)ccc(SC)c1C=O. The number of carbonyl (C=O) groups excluding carboxylic acids is 1. The maximum atomic E-state index is 10.8. The lowest BCUT2D eigenvalue weighted by atomic mass is 10.2. The Labute approximate surface area is 106 Å². The van der Waals surface area contributed by atoms with Crippen LogP contribution in [0.5, 0.6) is 5.75 Å². The summed E-state index contributed by atoms with van der Waals surface area (Å²) in [6, 6.07) is 3.76. The van der Waals surface area contributed by atoms with Gasteiger partial charge >= 0.3 is 0 Å². The first-order chi connectivity index (χ1) is 6.24. The van der Waals surface area contributed by atoms with E-state index in [0.717, 1.165) is 15.7 Å². The minimum atomic E-state index is 0. The smallest absolute Gasteiger partial charge is 0.154 e. The molecule has 1 aromatic rings. The molecule has 0 atom stereocenters. The molecule has 1 rings (SSSR count). The number of methoxy groups -OCH3 is 1. The van der Waals surface area contributed by atoms with E-state index in [1.54, 1.807) is 7.11 Å². The molecule has 78 valence electrons. The molecule has 2 nitrogen and oxygen atoms in total.